The van der Waals surface area contributed by atoms with Crippen LogP contribution in [0, 0.1) is 6.92 Å². The first-order valence-electron chi connectivity index (χ1n) is 10.8. The maximum absolute atomic E-state index is 13.2. The van der Waals surface area contributed by atoms with E-state index in [1.807, 2.05) is 31.2 Å². The summed E-state index contributed by atoms with van der Waals surface area (Å²) in [6, 6.07) is 12.7. The molecule has 0 unspecified atom stereocenters. The van der Waals surface area contributed by atoms with E-state index in [1.54, 1.807) is 22.8 Å². The van der Waals surface area contributed by atoms with Crippen LogP contribution in [0.4, 0.5) is 5.69 Å². The van der Waals surface area contributed by atoms with Crippen molar-refractivity contribution in [3.05, 3.63) is 63.4 Å². The zero-order chi connectivity index (χ0) is 23.1. The van der Waals surface area contributed by atoms with Crippen LogP contribution in [0.3, 0.4) is 0 Å². The van der Waals surface area contributed by atoms with Crippen LogP contribution in [0.1, 0.15) is 25.8 Å². The molecule has 0 saturated carbocycles. The molecule has 1 heterocycles. The van der Waals surface area contributed by atoms with Gasteiger partial charge in [0.2, 0.25) is 5.91 Å². The number of hydrogen-bond donors (Lipinski definition) is 1. The lowest BCUT2D eigenvalue weighted by molar-refractivity contribution is -0.113. The maximum Gasteiger partial charge on any atom is 0.262 e. The van der Waals surface area contributed by atoms with Crippen LogP contribution in [0.15, 0.2) is 52.4 Å². The number of nitrogens with one attached hydrogen (secondary N) is 1. The van der Waals surface area contributed by atoms with Crippen molar-refractivity contribution >= 4 is 45.9 Å². The number of aryl methyl sites for hydroxylation is 1. The summed E-state index contributed by atoms with van der Waals surface area (Å²) in [6.45, 7) is 9.60. The molecule has 2 aromatic carbocycles. The lowest BCUT2D eigenvalue weighted by Gasteiger charge is -2.19. The fourth-order valence-corrected chi connectivity index (χ4v) is 4.58. The number of carbonyl (C=O) groups is 1. The van der Waals surface area contributed by atoms with Gasteiger partial charge in [0.05, 0.1) is 16.7 Å². The van der Waals surface area contributed by atoms with Crippen LogP contribution in [0.25, 0.3) is 10.9 Å². The summed E-state index contributed by atoms with van der Waals surface area (Å²) in [7, 11) is 0. The van der Waals surface area contributed by atoms with Gasteiger partial charge < -0.3 is 10.2 Å². The zero-order valence-electron chi connectivity index (χ0n) is 18.7. The van der Waals surface area contributed by atoms with Crippen molar-refractivity contribution in [2.24, 2.45) is 0 Å². The van der Waals surface area contributed by atoms with Gasteiger partial charge in [-0.25, -0.2) is 4.98 Å². The molecule has 1 N–H and O–H groups in total. The Bertz CT molecular complexity index is 1140. The third kappa shape index (κ3) is 6.12. The summed E-state index contributed by atoms with van der Waals surface area (Å²) >= 11 is 7.28. The van der Waals surface area contributed by atoms with Gasteiger partial charge in [-0.15, -0.1) is 0 Å². The van der Waals surface area contributed by atoms with Crippen molar-refractivity contribution in [3.63, 3.8) is 0 Å². The van der Waals surface area contributed by atoms with Gasteiger partial charge in [0.25, 0.3) is 5.56 Å². The largest absolute Gasteiger partial charge is 0.325 e. The average molecular weight is 473 g/mol. The van der Waals surface area contributed by atoms with Crippen LogP contribution in [0.5, 0.6) is 0 Å². The molecule has 0 bridgehead atoms. The summed E-state index contributed by atoms with van der Waals surface area (Å²) in [6.07, 6.45) is 0.839. The average Bonchev–Trinajstić information content (AvgIpc) is 2.78. The highest BCUT2D eigenvalue weighted by molar-refractivity contribution is 7.99. The first-order chi connectivity index (χ1) is 15.4. The van der Waals surface area contributed by atoms with Crippen LogP contribution in [0.2, 0.25) is 5.02 Å². The number of anilines is 1. The zero-order valence-corrected chi connectivity index (χ0v) is 20.3. The van der Waals surface area contributed by atoms with Gasteiger partial charge in [0.1, 0.15) is 0 Å². The maximum atomic E-state index is 13.2. The monoisotopic (exact) mass is 472 g/mol. The first-order valence-corrected chi connectivity index (χ1v) is 12.2. The molecule has 3 rings (SSSR count). The minimum absolute atomic E-state index is 0.0633. The second kappa shape index (κ2) is 11.5. The molecule has 3 aromatic rings. The third-order valence-corrected chi connectivity index (χ3v) is 6.58. The smallest absolute Gasteiger partial charge is 0.262 e. The minimum atomic E-state index is -0.155. The van der Waals surface area contributed by atoms with Crippen LogP contribution in [-0.2, 0) is 11.3 Å². The molecular weight excluding hydrogens is 444 g/mol. The number of thioether (sulfide) groups is 1. The Morgan fingerprint density at radius 1 is 1.19 bits per heavy atom. The van der Waals surface area contributed by atoms with E-state index < -0.39 is 0 Å². The van der Waals surface area contributed by atoms with Gasteiger partial charge in [0.15, 0.2) is 5.16 Å². The molecule has 1 aromatic heterocycles. The molecule has 0 saturated heterocycles. The number of benzene rings is 2. The topological polar surface area (TPSA) is 67.2 Å². The molecule has 0 radical (unpaired) electrons. The number of rotatable bonds is 10. The van der Waals surface area contributed by atoms with Crippen LogP contribution < -0.4 is 10.9 Å². The van der Waals surface area contributed by atoms with Crippen molar-refractivity contribution in [3.8, 4) is 0 Å². The molecule has 0 aliphatic heterocycles. The minimum Gasteiger partial charge on any atom is -0.325 e. The van der Waals surface area contributed by atoms with E-state index in [2.05, 4.69) is 24.1 Å². The standard InChI is InChI=1S/C24H29ClN4O2S/c1-4-28(5-2)13-8-14-29-23(31)19-9-6-7-10-21(19)27-24(29)32-16-22(30)26-20-12-11-18(25)15-17(20)3/h6-7,9-12,15H,4-5,8,13-14,16H2,1-3H3,(H,26,30). The molecular formula is C24H29ClN4O2S. The van der Waals surface area contributed by atoms with Crippen molar-refractivity contribution in [1.82, 2.24) is 14.5 Å². The van der Waals surface area contributed by atoms with Crippen LogP contribution in [-0.4, -0.2) is 45.7 Å². The summed E-state index contributed by atoms with van der Waals surface area (Å²) in [5.74, 6) is 0.000573. The number of fused-ring (bicyclic) bond motifs is 1. The molecule has 32 heavy (non-hydrogen) atoms. The summed E-state index contributed by atoms with van der Waals surface area (Å²) in [5, 5.41) is 4.70. The lowest BCUT2D eigenvalue weighted by atomic mass is 10.2. The molecule has 0 atom stereocenters. The second-order valence-electron chi connectivity index (χ2n) is 7.54. The SMILES string of the molecule is CCN(CC)CCCn1c(SCC(=O)Nc2ccc(Cl)cc2C)nc2ccccc2c1=O. The molecule has 170 valence electrons. The van der Waals surface area contributed by atoms with Crippen molar-refractivity contribution in [1.29, 1.82) is 0 Å². The molecule has 0 aliphatic carbocycles. The van der Waals surface area contributed by atoms with Gasteiger partial charge >= 0.3 is 0 Å². The Kier molecular flexibility index (Phi) is 8.73. The lowest BCUT2D eigenvalue weighted by Crippen LogP contribution is -2.28. The van der Waals surface area contributed by atoms with Crippen LogP contribution >= 0.6 is 23.4 Å². The molecule has 1 amide bonds. The highest BCUT2D eigenvalue weighted by atomic mass is 35.5. The van der Waals surface area contributed by atoms with Crippen molar-refractivity contribution in [2.75, 3.05) is 30.7 Å². The second-order valence-corrected chi connectivity index (χ2v) is 8.92. The highest BCUT2D eigenvalue weighted by Crippen LogP contribution is 2.22. The van der Waals surface area contributed by atoms with E-state index in [-0.39, 0.29) is 17.2 Å². The van der Waals surface area contributed by atoms with Gasteiger partial charge in [0, 0.05) is 17.3 Å². The van der Waals surface area contributed by atoms with Gasteiger partial charge in [-0.1, -0.05) is 49.3 Å². The Morgan fingerprint density at radius 2 is 1.94 bits per heavy atom. The number of hydrogen-bond acceptors (Lipinski definition) is 5. The van der Waals surface area contributed by atoms with E-state index in [0.717, 1.165) is 37.3 Å². The number of nitrogens with zero attached hydrogens (tertiary/aromatic N) is 3. The normalized spacial score (nSPS) is 11.3. The van der Waals surface area contributed by atoms with E-state index in [0.29, 0.717) is 27.6 Å². The van der Waals surface area contributed by atoms with Crippen molar-refractivity contribution < 1.29 is 4.79 Å². The summed E-state index contributed by atoms with van der Waals surface area (Å²) in [5.41, 5.74) is 2.21. The Labute approximate surface area is 198 Å². The van der Waals surface area contributed by atoms with E-state index >= 15 is 0 Å². The summed E-state index contributed by atoms with van der Waals surface area (Å²) < 4.78 is 1.71. The molecule has 0 fully saturated rings. The van der Waals surface area contributed by atoms with Gasteiger partial charge in [-0.05, 0) is 68.9 Å². The third-order valence-electron chi connectivity index (χ3n) is 5.37. The number of aromatic nitrogens is 2. The molecule has 6 nitrogen and oxygen atoms in total. The predicted molar refractivity (Wildman–Crippen MR) is 134 cm³/mol. The van der Waals surface area contributed by atoms with Gasteiger partial charge in [-0.3, -0.25) is 14.2 Å². The Balaban J connectivity index is 1.77. The Morgan fingerprint density at radius 3 is 2.66 bits per heavy atom. The fourth-order valence-electron chi connectivity index (χ4n) is 3.53. The quantitative estimate of drug-likeness (QED) is 0.338. The van der Waals surface area contributed by atoms with Gasteiger partial charge in [-0.2, -0.15) is 0 Å². The molecule has 0 spiro atoms. The molecule has 0 aliphatic rings. The number of amides is 1. The Hall–Kier alpha value is -2.35. The fraction of sp³-hybridized carbons (Fsp3) is 0.375. The first kappa shape index (κ1) is 24.3. The van der Waals surface area contributed by atoms with Crippen molar-refractivity contribution in [2.45, 2.75) is 38.9 Å². The summed E-state index contributed by atoms with van der Waals surface area (Å²) in [4.78, 5) is 32.8. The van der Waals surface area contributed by atoms with E-state index in [9.17, 15) is 9.59 Å². The number of carbonyl (C=O) groups excluding carboxylic acids is 1. The highest BCUT2D eigenvalue weighted by Gasteiger charge is 2.14. The predicted octanol–water partition coefficient (Wildman–Crippen LogP) is 4.82. The molecule has 8 heteroatoms. The number of para-hydroxylation sites is 1. The number of halogens is 1. The van der Waals surface area contributed by atoms with E-state index in [1.165, 1.54) is 11.8 Å². The van der Waals surface area contributed by atoms with E-state index in [4.69, 9.17) is 16.6 Å².